The van der Waals surface area contributed by atoms with Crippen molar-refractivity contribution in [3.63, 3.8) is 0 Å². The second kappa shape index (κ2) is 4.76. The molecule has 0 aromatic carbocycles. The molecule has 0 bridgehead atoms. The molecule has 0 amide bonds. The molecule has 64 valence electrons. The van der Waals surface area contributed by atoms with E-state index < -0.39 is 0 Å². The van der Waals surface area contributed by atoms with E-state index in [-0.39, 0.29) is 0 Å². The summed E-state index contributed by atoms with van der Waals surface area (Å²) >= 11 is 0. The van der Waals surface area contributed by atoms with E-state index in [2.05, 4.69) is 24.8 Å². The average Bonchev–Trinajstić information content (AvgIpc) is 2.31. The molecule has 1 rings (SSSR count). The Morgan fingerprint density at radius 3 is 2.58 bits per heavy atom. The van der Waals surface area contributed by atoms with Crippen LogP contribution in [0.4, 0.5) is 0 Å². The lowest BCUT2D eigenvalue weighted by Crippen LogP contribution is -1.89. The van der Waals surface area contributed by atoms with E-state index in [1.54, 1.807) is 7.11 Å². The van der Waals surface area contributed by atoms with Crippen molar-refractivity contribution in [1.82, 2.24) is 0 Å². The Morgan fingerprint density at radius 2 is 1.92 bits per heavy atom. The highest BCUT2D eigenvalue weighted by atomic mass is 16.5. The SMILES string of the molecule is CCC1=CC=C(COC)C=C=C1. The van der Waals surface area contributed by atoms with Crippen molar-refractivity contribution in [3.8, 4) is 0 Å². The van der Waals surface area contributed by atoms with Crippen LogP contribution in [0, 0.1) is 0 Å². The molecule has 1 heteroatoms. The zero-order valence-electron chi connectivity index (χ0n) is 7.63. The maximum Gasteiger partial charge on any atom is 0.0719 e. The lowest BCUT2D eigenvalue weighted by atomic mass is 10.2. The smallest absolute Gasteiger partial charge is 0.0719 e. The maximum atomic E-state index is 5.02. The monoisotopic (exact) mass is 162 g/mol. The molecule has 0 saturated carbocycles. The maximum absolute atomic E-state index is 5.02. The molecule has 0 atom stereocenters. The Labute approximate surface area is 73.7 Å². The van der Waals surface area contributed by atoms with Crippen molar-refractivity contribution in [2.24, 2.45) is 0 Å². The number of rotatable bonds is 3. The molecular weight excluding hydrogens is 148 g/mol. The van der Waals surface area contributed by atoms with E-state index in [1.807, 2.05) is 12.2 Å². The van der Waals surface area contributed by atoms with Gasteiger partial charge in [0.25, 0.3) is 0 Å². The minimum absolute atomic E-state index is 0.661. The van der Waals surface area contributed by atoms with Crippen LogP contribution in [-0.2, 0) is 4.74 Å². The number of hydrogen-bond acceptors (Lipinski definition) is 1. The third kappa shape index (κ3) is 2.54. The van der Waals surface area contributed by atoms with Gasteiger partial charge in [0.1, 0.15) is 0 Å². The van der Waals surface area contributed by atoms with Gasteiger partial charge in [-0.15, -0.1) is 5.73 Å². The first-order valence-electron chi connectivity index (χ1n) is 4.18. The Bertz CT molecular complexity index is 263. The van der Waals surface area contributed by atoms with E-state index >= 15 is 0 Å². The zero-order chi connectivity index (χ0) is 8.81. The highest BCUT2D eigenvalue weighted by molar-refractivity contribution is 5.34. The van der Waals surface area contributed by atoms with Crippen LogP contribution in [-0.4, -0.2) is 13.7 Å². The molecular formula is C11H14O. The van der Waals surface area contributed by atoms with Crippen molar-refractivity contribution >= 4 is 0 Å². The molecule has 0 aromatic rings. The summed E-state index contributed by atoms with van der Waals surface area (Å²) in [5, 5.41) is 0. The molecule has 0 saturated heterocycles. The fourth-order valence-corrected chi connectivity index (χ4v) is 1.04. The molecule has 1 aliphatic rings. The van der Waals surface area contributed by atoms with Gasteiger partial charge in [0.05, 0.1) is 6.61 Å². The Balaban J connectivity index is 2.76. The van der Waals surface area contributed by atoms with Crippen LogP contribution in [0.5, 0.6) is 0 Å². The van der Waals surface area contributed by atoms with Crippen LogP contribution >= 0.6 is 0 Å². The predicted molar refractivity (Wildman–Crippen MR) is 51.0 cm³/mol. The quantitative estimate of drug-likeness (QED) is 0.580. The third-order valence-corrected chi connectivity index (χ3v) is 1.77. The van der Waals surface area contributed by atoms with E-state index in [0.29, 0.717) is 6.61 Å². The lowest BCUT2D eigenvalue weighted by molar-refractivity contribution is 0.228. The Morgan fingerprint density at radius 1 is 1.25 bits per heavy atom. The first-order chi connectivity index (χ1) is 5.86. The predicted octanol–water partition coefficient (Wildman–Crippen LogP) is 2.62. The van der Waals surface area contributed by atoms with Crippen LogP contribution in [0.1, 0.15) is 13.3 Å². The van der Waals surface area contributed by atoms with Crippen LogP contribution in [0.15, 0.2) is 41.2 Å². The molecule has 0 aliphatic heterocycles. The van der Waals surface area contributed by atoms with Crippen LogP contribution in [0.2, 0.25) is 0 Å². The largest absolute Gasteiger partial charge is 0.380 e. The van der Waals surface area contributed by atoms with Crippen LogP contribution in [0.3, 0.4) is 0 Å². The van der Waals surface area contributed by atoms with E-state index in [1.165, 1.54) is 5.57 Å². The topological polar surface area (TPSA) is 9.23 Å². The zero-order valence-corrected chi connectivity index (χ0v) is 7.63. The molecule has 1 nitrogen and oxygen atoms in total. The molecule has 0 N–H and O–H groups in total. The van der Waals surface area contributed by atoms with Gasteiger partial charge >= 0.3 is 0 Å². The summed E-state index contributed by atoms with van der Waals surface area (Å²) in [5.41, 5.74) is 5.58. The molecule has 0 spiro atoms. The molecule has 0 fully saturated rings. The minimum atomic E-state index is 0.661. The second-order valence-corrected chi connectivity index (χ2v) is 2.73. The molecule has 12 heavy (non-hydrogen) atoms. The van der Waals surface area contributed by atoms with E-state index in [0.717, 1.165) is 12.0 Å². The number of allylic oxidation sites excluding steroid dienone is 3. The first kappa shape index (κ1) is 9.05. The summed E-state index contributed by atoms with van der Waals surface area (Å²) in [6, 6.07) is 0. The van der Waals surface area contributed by atoms with Gasteiger partial charge in [0.2, 0.25) is 0 Å². The normalized spacial score (nSPS) is 15.5. The number of methoxy groups -OCH3 is 1. The van der Waals surface area contributed by atoms with E-state index in [4.69, 9.17) is 4.74 Å². The van der Waals surface area contributed by atoms with Gasteiger partial charge in [-0.1, -0.05) is 19.1 Å². The lowest BCUT2D eigenvalue weighted by Gasteiger charge is -1.95. The Kier molecular flexibility index (Phi) is 3.59. The fraction of sp³-hybridized carbons (Fsp3) is 0.364. The Hall–Kier alpha value is -1.04. The minimum Gasteiger partial charge on any atom is -0.380 e. The van der Waals surface area contributed by atoms with Gasteiger partial charge in [-0.3, -0.25) is 0 Å². The fourth-order valence-electron chi connectivity index (χ4n) is 1.04. The number of ether oxygens (including phenoxy) is 1. The summed E-state index contributed by atoms with van der Waals surface area (Å²) in [6.45, 7) is 2.80. The van der Waals surface area contributed by atoms with E-state index in [9.17, 15) is 0 Å². The van der Waals surface area contributed by atoms with Crippen molar-refractivity contribution in [3.05, 3.63) is 41.2 Å². The highest BCUT2D eigenvalue weighted by Crippen LogP contribution is 2.08. The van der Waals surface area contributed by atoms with Gasteiger partial charge in [0.15, 0.2) is 0 Å². The first-order valence-corrected chi connectivity index (χ1v) is 4.18. The molecule has 1 aliphatic carbocycles. The molecule has 0 heterocycles. The van der Waals surface area contributed by atoms with Crippen LogP contribution in [0.25, 0.3) is 0 Å². The molecule has 0 aromatic heterocycles. The summed E-state index contributed by atoms with van der Waals surface area (Å²) in [5.74, 6) is 0. The van der Waals surface area contributed by atoms with Gasteiger partial charge < -0.3 is 4.74 Å². The molecule has 0 radical (unpaired) electrons. The van der Waals surface area contributed by atoms with Crippen molar-refractivity contribution in [1.29, 1.82) is 0 Å². The van der Waals surface area contributed by atoms with Crippen LogP contribution < -0.4 is 0 Å². The second-order valence-electron chi connectivity index (χ2n) is 2.73. The number of hydrogen-bond donors (Lipinski definition) is 0. The highest BCUT2D eigenvalue weighted by Gasteiger charge is 1.93. The molecule has 0 unspecified atom stereocenters. The summed E-state index contributed by atoms with van der Waals surface area (Å²) in [4.78, 5) is 0. The van der Waals surface area contributed by atoms with Crippen molar-refractivity contribution in [2.45, 2.75) is 13.3 Å². The van der Waals surface area contributed by atoms with Crippen molar-refractivity contribution < 1.29 is 4.74 Å². The third-order valence-electron chi connectivity index (χ3n) is 1.77. The summed E-state index contributed by atoms with van der Waals surface area (Å²) in [7, 11) is 1.70. The van der Waals surface area contributed by atoms with Gasteiger partial charge in [-0.25, -0.2) is 0 Å². The van der Waals surface area contributed by atoms with Gasteiger partial charge in [0, 0.05) is 7.11 Å². The summed E-state index contributed by atoms with van der Waals surface area (Å²) < 4.78 is 5.02. The van der Waals surface area contributed by atoms with Crippen molar-refractivity contribution in [2.75, 3.05) is 13.7 Å². The van der Waals surface area contributed by atoms with Gasteiger partial charge in [-0.05, 0) is 29.7 Å². The average molecular weight is 162 g/mol. The standard InChI is InChI=1S/C11H14O/c1-3-10-5-4-6-11(8-7-10)9-12-2/h5-8H,3,9H2,1-2H3. The van der Waals surface area contributed by atoms with Gasteiger partial charge in [-0.2, -0.15) is 0 Å². The summed E-state index contributed by atoms with van der Waals surface area (Å²) in [6.07, 6.45) is 9.23.